The number of amides is 1. The molecular formula is C25H15BrCl2N6O3S. The molecule has 2 atom stereocenters. The summed E-state index contributed by atoms with van der Waals surface area (Å²) in [5, 5.41) is 9.88. The first-order chi connectivity index (χ1) is 18.4. The van der Waals surface area contributed by atoms with Crippen molar-refractivity contribution in [3.05, 3.63) is 98.2 Å². The van der Waals surface area contributed by atoms with Gasteiger partial charge in [0, 0.05) is 27.5 Å². The molecular weight excluding hydrogens is 615 g/mol. The highest BCUT2D eigenvalue weighted by Crippen LogP contribution is 2.38. The molecule has 1 aliphatic rings. The number of halogens is 3. The van der Waals surface area contributed by atoms with Crippen LogP contribution >= 0.6 is 50.9 Å². The van der Waals surface area contributed by atoms with Gasteiger partial charge in [0.05, 0.1) is 16.7 Å². The number of carbonyl (C=O) groups excluding carboxylic acids is 1. The highest BCUT2D eigenvalue weighted by atomic mass is 79.9. The Bertz CT molecular complexity index is 1730. The van der Waals surface area contributed by atoms with Crippen molar-refractivity contribution in [1.29, 1.82) is 0 Å². The first-order valence-corrected chi connectivity index (χ1v) is 13.8. The summed E-state index contributed by atoms with van der Waals surface area (Å²) in [6.07, 6.45) is 3.27. The molecule has 1 amide bonds. The third-order valence-corrected chi connectivity index (χ3v) is 7.95. The van der Waals surface area contributed by atoms with E-state index in [1.807, 2.05) is 0 Å². The van der Waals surface area contributed by atoms with Crippen LogP contribution in [0.3, 0.4) is 0 Å². The minimum atomic E-state index is -0.847. The van der Waals surface area contributed by atoms with Gasteiger partial charge in [-0.1, -0.05) is 51.4 Å². The number of alkyl halides is 1. The Balaban J connectivity index is 1.40. The Labute approximate surface area is 237 Å². The van der Waals surface area contributed by atoms with Gasteiger partial charge in [-0.3, -0.25) is 14.6 Å². The smallest absolute Gasteiger partial charge is 0.280 e. The van der Waals surface area contributed by atoms with Crippen LogP contribution in [-0.2, 0) is 10.5 Å². The molecule has 0 spiro atoms. The molecule has 1 fully saturated rings. The Morgan fingerprint density at radius 1 is 1.03 bits per heavy atom. The maximum atomic E-state index is 13.8. The molecule has 2 unspecified atom stereocenters. The topological polar surface area (TPSA) is 107 Å². The molecule has 9 nitrogen and oxygen atoms in total. The summed E-state index contributed by atoms with van der Waals surface area (Å²) in [7, 11) is 0. The minimum absolute atomic E-state index is 0.170. The first-order valence-electron chi connectivity index (χ1n) is 11.2. The highest BCUT2D eigenvalue weighted by Gasteiger charge is 2.49. The van der Waals surface area contributed by atoms with Crippen molar-refractivity contribution in [3.63, 3.8) is 0 Å². The van der Waals surface area contributed by atoms with E-state index in [-0.39, 0.29) is 11.0 Å². The third kappa shape index (κ3) is 4.49. The van der Waals surface area contributed by atoms with Crippen LogP contribution in [0, 0.1) is 0 Å². The van der Waals surface area contributed by atoms with Crippen LogP contribution in [0.15, 0.2) is 85.9 Å². The van der Waals surface area contributed by atoms with E-state index in [0.717, 1.165) is 11.1 Å². The van der Waals surface area contributed by atoms with Crippen molar-refractivity contribution < 1.29 is 9.21 Å². The molecule has 0 radical (unpaired) electrons. The predicted octanol–water partition coefficient (Wildman–Crippen LogP) is 5.38. The molecule has 0 saturated carbocycles. The molecule has 0 N–H and O–H groups in total. The molecule has 1 aliphatic heterocycles. The summed E-state index contributed by atoms with van der Waals surface area (Å²) in [5.41, 5.74) is 1.57. The fraction of sp³-hybridized carbons (Fsp3) is 0.120. The van der Waals surface area contributed by atoms with E-state index in [9.17, 15) is 9.59 Å². The maximum Gasteiger partial charge on any atom is 0.280 e. The average Bonchev–Trinajstić information content (AvgIpc) is 3.41. The van der Waals surface area contributed by atoms with Crippen molar-refractivity contribution >= 4 is 67.7 Å². The molecule has 4 heterocycles. The zero-order valence-corrected chi connectivity index (χ0v) is 23.1. The van der Waals surface area contributed by atoms with E-state index >= 15 is 0 Å². The van der Waals surface area contributed by atoms with Gasteiger partial charge in [-0.05, 0) is 48.0 Å². The van der Waals surface area contributed by atoms with Gasteiger partial charge < -0.3 is 4.42 Å². The second-order valence-corrected chi connectivity index (χ2v) is 11.0. The van der Waals surface area contributed by atoms with E-state index in [4.69, 9.17) is 32.6 Å². The second kappa shape index (κ2) is 10.1. The van der Waals surface area contributed by atoms with E-state index in [0.29, 0.717) is 32.1 Å². The summed E-state index contributed by atoms with van der Waals surface area (Å²) in [6.45, 7) is 0. The van der Waals surface area contributed by atoms with Crippen molar-refractivity contribution in [2.24, 2.45) is 0 Å². The normalized spacial score (nSPS) is 17.1. The lowest BCUT2D eigenvalue weighted by molar-refractivity contribution is -0.126. The Morgan fingerprint density at radius 3 is 2.55 bits per heavy atom. The molecule has 190 valence electrons. The molecule has 38 heavy (non-hydrogen) atoms. The van der Waals surface area contributed by atoms with Crippen LogP contribution in [0.25, 0.3) is 22.4 Å². The molecule has 3 aromatic heterocycles. The van der Waals surface area contributed by atoms with Crippen LogP contribution in [0.2, 0.25) is 5.02 Å². The van der Waals surface area contributed by atoms with Gasteiger partial charge >= 0.3 is 0 Å². The molecule has 5 aromatic rings. The zero-order chi connectivity index (χ0) is 26.4. The third-order valence-electron chi connectivity index (χ3n) is 5.96. The number of nitrogens with zero attached hydrogens (tertiary/aromatic N) is 6. The average molecular weight is 630 g/mol. The van der Waals surface area contributed by atoms with Gasteiger partial charge in [0.25, 0.3) is 16.7 Å². The van der Waals surface area contributed by atoms with E-state index in [1.165, 1.54) is 21.4 Å². The van der Waals surface area contributed by atoms with Gasteiger partial charge in [0.2, 0.25) is 5.89 Å². The van der Waals surface area contributed by atoms with Crippen molar-refractivity contribution in [3.8, 4) is 11.5 Å². The lowest BCUT2D eigenvalue weighted by Gasteiger charge is -2.45. The largest absolute Gasteiger partial charge is 0.411 e. The summed E-state index contributed by atoms with van der Waals surface area (Å²) in [4.78, 5) is 35.6. The van der Waals surface area contributed by atoms with Crippen LogP contribution in [-0.4, -0.2) is 36.1 Å². The Hall–Kier alpha value is -3.25. The van der Waals surface area contributed by atoms with Gasteiger partial charge in [0.1, 0.15) is 17.2 Å². The SMILES string of the molecule is O=C1C(Cl)C(c2ccc(Cl)cc2)N1n1c(CSc2nnc(-c3ccncc3)o2)nc2ccc(Br)cc2c1=O. The highest BCUT2D eigenvalue weighted by molar-refractivity contribution is 9.10. The quantitative estimate of drug-likeness (QED) is 0.140. The lowest BCUT2D eigenvalue weighted by Crippen LogP contribution is -2.64. The standard InChI is InChI=1S/C25H15BrCl2N6O3S/c26-15-3-6-18-17(11-15)23(35)33(34-21(20(28)24(34)36)13-1-4-16(27)5-2-13)19(30-18)12-38-25-32-31-22(37-25)14-7-9-29-10-8-14/h1-11,20-21H,12H2. The summed E-state index contributed by atoms with van der Waals surface area (Å²) in [5.74, 6) is 0.432. The molecule has 1 saturated heterocycles. The number of hydrogen-bond donors (Lipinski definition) is 0. The molecule has 0 bridgehead atoms. The summed E-state index contributed by atoms with van der Waals surface area (Å²) >= 11 is 17.1. The molecule has 0 aliphatic carbocycles. The van der Waals surface area contributed by atoms with Crippen molar-refractivity contribution in [2.75, 3.05) is 5.01 Å². The molecule has 6 rings (SSSR count). The lowest BCUT2D eigenvalue weighted by atomic mass is 9.95. The predicted molar refractivity (Wildman–Crippen MR) is 148 cm³/mol. The fourth-order valence-corrected chi connectivity index (χ4v) is 5.66. The number of pyridine rings is 1. The van der Waals surface area contributed by atoms with Crippen LogP contribution in [0.5, 0.6) is 0 Å². The number of benzene rings is 2. The zero-order valence-electron chi connectivity index (χ0n) is 19.2. The maximum absolute atomic E-state index is 13.8. The summed E-state index contributed by atoms with van der Waals surface area (Å²) in [6, 6.07) is 15.2. The Kier molecular flexibility index (Phi) is 6.68. The van der Waals surface area contributed by atoms with E-state index in [2.05, 4.69) is 31.1 Å². The number of rotatable bonds is 6. The first kappa shape index (κ1) is 25.1. The number of carbonyl (C=O) groups is 1. The summed E-state index contributed by atoms with van der Waals surface area (Å²) < 4.78 is 7.79. The van der Waals surface area contributed by atoms with Gasteiger partial charge in [0.15, 0.2) is 0 Å². The van der Waals surface area contributed by atoms with Crippen molar-refractivity contribution in [2.45, 2.75) is 22.4 Å². The minimum Gasteiger partial charge on any atom is -0.411 e. The van der Waals surface area contributed by atoms with Gasteiger partial charge in [-0.25, -0.2) is 9.99 Å². The van der Waals surface area contributed by atoms with Crippen LogP contribution in [0.1, 0.15) is 17.4 Å². The number of aromatic nitrogens is 5. The number of thioether (sulfide) groups is 1. The van der Waals surface area contributed by atoms with E-state index < -0.39 is 22.9 Å². The number of β-lactam (4-membered cyclic amide) rings is 1. The number of hydrogen-bond acceptors (Lipinski definition) is 8. The molecule has 2 aromatic carbocycles. The van der Waals surface area contributed by atoms with Gasteiger partial charge in [-0.15, -0.1) is 21.8 Å². The van der Waals surface area contributed by atoms with Crippen molar-refractivity contribution in [1.82, 2.24) is 24.8 Å². The second-order valence-electron chi connectivity index (χ2n) is 8.29. The Morgan fingerprint density at radius 2 is 1.79 bits per heavy atom. The number of fused-ring (bicyclic) bond motifs is 1. The fourth-order valence-electron chi connectivity index (χ4n) is 4.15. The van der Waals surface area contributed by atoms with Crippen LogP contribution < -0.4 is 10.6 Å². The monoisotopic (exact) mass is 628 g/mol. The molecule has 13 heteroatoms. The van der Waals surface area contributed by atoms with Crippen LogP contribution in [0.4, 0.5) is 0 Å². The van der Waals surface area contributed by atoms with E-state index in [1.54, 1.807) is 67.0 Å². The van der Waals surface area contributed by atoms with Gasteiger partial charge in [-0.2, -0.15) is 4.68 Å².